The van der Waals surface area contributed by atoms with Crippen molar-refractivity contribution in [2.75, 3.05) is 0 Å². The van der Waals surface area contributed by atoms with Gasteiger partial charge in [-0.3, -0.25) is 9.59 Å². The first kappa shape index (κ1) is 53.7. The molecule has 0 N–H and O–H groups in total. The molecule has 0 amide bonds. The van der Waals surface area contributed by atoms with E-state index in [1.165, 1.54) is 12.1 Å². The molecule has 0 saturated heterocycles. The number of halogens is 21. The summed E-state index contributed by atoms with van der Waals surface area (Å²) in [7, 11) is 0. The molecule has 0 bridgehead atoms. The Morgan fingerprint density at radius 3 is 1.05 bits per heavy atom. The number of aromatic nitrogens is 1. The van der Waals surface area contributed by atoms with Crippen molar-refractivity contribution in [1.29, 1.82) is 0 Å². The van der Waals surface area contributed by atoms with Crippen molar-refractivity contribution in [3.05, 3.63) is 230 Å². The number of rotatable bonds is 10. The van der Waals surface area contributed by atoms with E-state index < -0.39 is 150 Å². The first-order valence-electron chi connectivity index (χ1n) is 20.3. The van der Waals surface area contributed by atoms with Gasteiger partial charge in [-0.25, -0.2) is 92.2 Å². The zero-order chi connectivity index (χ0) is 54.6. The zero-order valence-electron chi connectivity index (χ0n) is 35.9. The van der Waals surface area contributed by atoms with Crippen LogP contribution in [0.1, 0.15) is 26.4 Å². The largest absolute Gasteiger partial charge is 0.293 e. The second-order valence-corrected chi connectivity index (χ2v) is 15.6. The van der Waals surface area contributed by atoms with Crippen molar-refractivity contribution >= 4 is 50.3 Å². The van der Waals surface area contributed by atoms with Crippen LogP contribution < -0.4 is 26.4 Å². The number of Topliss-reactive ketones (excluding diaryl/α,β-unsaturated/α-hetero) is 2. The minimum absolute atomic E-state index is 0.00432. The molecule has 0 saturated carbocycles. The van der Waals surface area contributed by atoms with Gasteiger partial charge < -0.3 is 0 Å². The Balaban J connectivity index is 0.000000237. The van der Waals surface area contributed by atoms with Crippen LogP contribution in [0.4, 0.5) is 92.2 Å². The maximum absolute atomic E-state index is 15.4. The van der Waals surface area contributed by atoms with E-state index in [9.17, 15) is 66.7 Å². The zero-order valence-corrected chi connectivity index (χ0v) is 35.9. The number of benzene rings is 7. The van der Waals surface area contributed by atoms with Crippen molar-refractivity contribution < 1.29 is 106 Å². The molecule has 0 aliphatic rings. The van der Waals surface area contributed by atoms with E-state index in [2.05, 4.69) is 0 Å². The highest BCUT2D eigenvalue weighted by Gasteiger charge is 2.52. The Labute approximate surface area is 399 Å². The Kier molecular flexibility index (Phi) is 14.8. The van der Waals surface area contributed by atoms with Crippen LogP contribution in [0.2, 0.25) is 0 Å². The molecule has 74 heavy (non-hydrogen) atoms. The summed E-state index contributed by atoms with van der Waals surface area (Å²) in [6.45, 7) is 0.106. The van der Waals surface area contributed by atoms with Gasteiger partial charge in [-0.15, -0.1) is 21.9 Å². The molecule has 3 nitrogen and oxygen atoms in total. The molecule has 0 unspecified atom stereocenters. The van der Waals surface area contributed by atoms with Crippen molar-refractivity contribution in [2.45, 2.75) is 13.0 Å². The molecule has 0 radical (unpaired) electrons. The molecule has 0 atom stereocenters. The lowest BCUT2D eigenvalue weighted by atomic mass is 9.12. The molecule has 8 rings (SSSR count). The average Bonchev–Trinajstić information content (AvgIpc) is 3.39. The molecule has 7 aromatic carbocycles. The number of nitrogens with zero attached hydrogens (tertiary/aromatic N) is 1. The fourth-order valence-corrected chi connectivity index (χ4v) is 8.34. The van der Waals surface area contributed by atoms with E-state index in [0.29, 0.717) is 11.3 Å². The first-order chi connectivity index (χ1) is 34.8. The van der Waals surface area contributed by atoms with Crippen LogP contribution in [0.5, 0.6) is 0 Å². The van der Waals surface area contributed by atoms with E-state index in [4.69, 9.17) is 0 Å². The smallest absolute Gasteiger partial charge is 0.227 e. The number of carbonyl (C=O) groups is 2. The van der Waals surface area contributed by atoms with Crippen molar-refractivity contribution in [3.8, 4) is 0 Å². The van der Waals surface area contributed by atoms with Crippen molar-refractivity contribution in [1.82, 2.24) is 0 Å². The van der Waals surface area contributed by atoms with Crippen LogP contribution in [0.15, 0.2) is 91.1 Å². The summed E-state index contributed by atoms with van der Waals surface area (Å²) in [6, 6.07) is 24.6. The van der Waals surface area contributed by atoms with Crippen LogP contribution in [-0.4, -0.2) is 17.7 Å². The highest BCUT2D eigenvalue weighted by Crippen LogP contribution is 2.31. The summed E-state index contributed by atoms with van der Waals surface area (Å²) in [6.07, 6.45) is -5.40. The molecule has 0 aliphatic carbocycles. The van der Waals surface area contributed by atoms with Gasteiger partial charge in [-0.2, -0.15) is 4.57 Å². The number of hydrogen-bond acceptors (Lipinski definition) is 2. The molecule has 0 spiro atoms. The Morgan fingerprint density at radius 2 is 0.676 bits per heavy atom. The van der Waals surface area contributed by atoms with E-state index in [0.717, 1.165) is 10.8 Å². The molecule has 0 aliphatic heterocycles. The molecular formula is C49H19BF21NO2. The normalized spacial score (nSPS) is 11.5. The molecule has 25 heteroatoms. The topological polar surface area (TPSA) is 38.0 Å². The Hall–Kier alpha value is -8.12. The molecule has 1 heterocycles. The van der Waals surface area contributed by atoms with Crippen LogP contribution >= 0.6 is 0 Å². The van der Waals surface area contributed by atoms with Crippen LogP contribution in [0, 0.1) is 122 Å². The summed E-state index contributed by atoms with van der Waals surface area (Å²) in [5.74, 6) is -72.3. The highest BCUT2D eigenvalue weighted by atomic mass is 19.2. The van der Waals surface area contributed by atoms with Crippen molar-refractivity contribution in [3.63, 3.8) is 0 Å². The van der Waals surface area contributed by atoms with Gasteiger partial charge in [0, 0.05) is 17.0 Å². The Morgan fingerprint density at radius 1 is 0.351 bits per heavy atom. The van der Waals surface area contributed by atoms with Crippen molar-refractivity contribution in [2.24, 2.45) is 0 Å². The minimum Gasteiger partial charge on any atom is -0.293 e. The summed E-state index contributed by atoms with van der Waals surface area (Å²) in [5.41, 5.74) is -13.0. The molecule has 1 aromatic heterocycles. The second-order valence-electron chi connectivity index (χ2n) is 15.6. The van der Waals surface area contributed by atoms with Crippen LogP contribution in [-0.2, 0) is 13.0 Å². The van der Waals surface area contributed by atoms with E-state index in [1.807, 2.05) is 54.7 Å². The lowest BCUT2D eigenvalue weighted by Gasteiger charge is -2.44. The minimum atomic E-state index is -7.22. The lowest BCUT2D eigenvalue weighted by molar-refractivity contribution is -0.688. The summed E-state index contributed by atoms with van der Waals surface area (Å²) in [4.78, 5) is 25.6. The fourth-order valence-electron chi connectivity index (χ4n) is 8.34. The van der Waals surface area contributed by atoms with Gasteiger partial charge in [0.1, 0.15) is 58.5 Å². The van der Waals surface area contributed by atoms with E-state index >= 15 is 35.1 Å². The highest BCUT2D eigenvalue weighted by molar-refractivity contribution is 7.20. The van der Waals surface area contributed by atoms with Gasteiger partial charge in [-0.1, -0.05) is 60.7 Å². The monoisotopic (exact) mass is 1060 g/mol. The predicted molar refractivity (Wildman–Crippen MR) is 219 cm³/mol. The van der Waals surface area contributed by atoms with Crippen LogP contribution in [0.3, 0.4) is 0 Å². The van der Waals surface area contributed by atoms with Gasteiger partial charge >= 0.3 is 0 Å². The summed E-state index contributed by atoms with van der Waals surface area (Å²) in [5, 5.41) is 1.84. The molecule has 382 valence electrons. The third-order valence-corrected chi connectivity index (χ3v) is 11.7. The fraction of sp³-hybridized carbons (Fsp3) is 0.0408. The maximum atomic E-state index is 15.4. The predicted octanol–water partition coefficient (Wildman–Crippen LogP) is 10.4. The number of pyridine rings is 1. The van der Waals surface area contributed by atoms with Gasteiger partial charge in [0.15, 0.2) is 87.5 Å². The number of ketones is 2. The lowest BCUT2D eigenvalue weighted by Crippen LogP contribution is -2.81. The summed E-state index contributed by atoms with van der Waals surface area (Å²) >= 11 is 0. The molecule has 0 fully saturated rings. The maximum Gasteiger partial charge on any atom is 0.227 e. The number of fused-ring (bicyclic) bond motifs is 1. The first-order valence-corrected chi connectivity index (χ1v) is 20.3. The van der Waals surface area contributed by atoms with Gasteiger partial charge in [-0.05, 0) is 23.6 Å². The average molecular weight is 1060 g/mol. The standard InChI is InChI=1S/C25H19FNO2.C24BF20/c26-22-13-7-6-12-21(22)24(28)16-23-20-11-5-4-8-18(20)14-15-27(23)17-25(29)19-9-2-1-3-10-19;26-5-1(6(27)14(35)21(42)13(5)34)25(2-7(28)15(36)22(43)16(37)8(2)29,3-9(30)17(38)23(44)18(39)10(3)31)4-11(32)19(40)24(45)20(41)12(4)33/h1-15H,16-17H2;/q+1;-1. The third-order valence-electron chi connectivity index (χ3n) is 11.7. The number of hydrogen-bond donors (Lipinski definition) is 0. The molecule has 8 aromatic rings. The third kappa shape index (κ3) is 8.65. The molecular weight excluding hydrogens is 1040 g/mol. The Bertz CT molecular complexity index is 3250. The van der Waals surface area contributed by atoms with E-state index in [1.54, 1.807) is 28.8 Å². The SMILES string of the molecule is Fc1c(F)c(F)c([B-](c2c(F)c(F)c(F)c(F)c2F)(c2c(F)c(F)c(F)c(F)c2F)c2c(F)c(F)c(F)c(F)c2F)c(F)c1F.O=C(C[n+]1ccc2ccccc2c1CC(=O)c1ccccc1F)c1ccccc1. The quantitative estimate of drug-likeness (QED) is 0.0342. The number of carbonyl (C=O) groups excluding carboxylic acids is 2. The van der Waals surface area contributed by atoms with Gasteiger partial charge in [0.25, 0.3) is 0 Å². The summed E-state index contributed by atoms with van der Waals surface area (Å²) < 4.78 is 310. The van der Waals surface area contributed by atoms with Gasteiger partial charge in [0.05, 0.1) is 12.0 Å². The second kappa shape index (κ2) is 20.4. The van der Waals surface area contributed by atoms with E-state index in [-0.39, 0.29) is 30.1 Å². The van der Waals surface area contributed by atoms with Crippen LogP contribution in [0.25, 0.3) is 10.8 Å². The van der Waals surface area contributed by atoms with Gasteiger partial charge in [0.2, 0.25) is 12.3 Å².